The number of benzene rings is 1. The molecule has 0 radical (unpaired) electrons. The van der Waals surface area contributed by atoms with Crippen molar-refractivity contribution in [3.8, 4) is 0 Å². The van der Waals surface area contributed by atoms with Crippen LogP contribution in [0.4, 0.5) is 0 Å². The molecule has 3 nitrogen and oxygen atoms in total. The van der Waals surface area contributed by atoms with E-state index in [1.807, 2.05) is 41.1 Å². The number of halogens is 2. The van der Waals surface area contributed by atoms with Gasteiger partial charge in [0, 0.05) is 34.4 Å². The molecule has 1 aliphatic rings. The van der Waals surface area contributed by atoms with Crippen LogP contribution in [-0.2, 0) is 6.54 Å². The average Bonchev–Trinajstić information content (AvgIpc) is 3.04. The molecule has 0 saturated heterocycles. The molecule has 2 unspecified atom stereocenters. The Balaban J connectivity index is 1.91. The summed E-state index contributed by atoms with van der Waals surface area (Å²) < 4.78 is 1.94. The largest absolute Gasteiger partial charge is 0.388 e. The van der Waals surface area contributed by atoms with Gasteiger partial charge in [-0.2, -0.15) is 0 Å². The summed E-state index contributed by atoms with van der Waals surface area (Å²) in [5.41, 5.74) is 1.33. The first-order valence-corrected chi connectivity index (χ1v) is 8.38. The lowest BCUT2D eigenvalue weighted by Crippen LogP contribution is -2.38. The van der Waals surface area contributed by atoms with E-state index in [1.54, 1.807) is 24.7 Å². The van der Waals surface area contributed by atoms with Gasteiger partial charge in [-0.05, 0) is 35.8 Å². The van der Waals surface area contributed by atoms with Gasteiger partial charge in [-0.15, -0.1) is 0 Å². The summed E-state index contributed by atoms with van der Waals surface area (Å²) in [5, 5.41) is 12.0. The average molecular weight is 361 g/mol. The first-order valence-electron chi connectivity index (χ1n) is 7.63. The SMILES string of the molecule is C=C(CC1(Cn2ccnc2)C=C(Cl)C=CC1O)c1ccc(Cl)cc1. The molecular weight excluding hydrogens is 343 g/mol. The zero-order valence-corrected chi connectivity index (χ0v) is 14.6. The number of aliphatic hydroxyl groups is 1. The van der Waals surface area contributed by atoms with E-state index in [1.165, 1.54) is 0 Å². The molecule has 1 aliphatic carbocycles. The van der Waals surface area contributed by atoms with Crippen LogP contribution in [0.2, 0.25) is 5.02 Å². The molecule has 1 aromatic carbocycles. The van der Waals surface area contributed by atoms with E-state index in [2.05, 4.69) is 11.6 Å². The quantitative estimate of drug-likeness (QED) is 0.840. The van der Waals surface area contributed by atoms with Crippen molar-refractivity contribution in [2.24, 2.45) is 5.41 Å². The maximum Gasteiger partial charge on any atom is 0.0946 e. The fourth-order valence-corrected chi connectivity index (χ4v) is 3.45. The number of aromatic nitrogens is 2. The van der Waals surface area contributed by atoms with E-state index in [4.69, 9.17) is 23.2 Å². The minimum Gasteiger partial charge on any atom is -0.388 e. The van der Waals surface area contributed by atoms with Crippen molar-refractivity contribution < 1.29 is 5.11 Å². The zero-order chi connectivity index (χ0) is 17.2. The summed E-state index contributed by atoms with van der Waals surface area (Å²) in [7, 11) is 0. The molecule has 0 fully saturated rings. The van der Waals surface area contributed by atoms with Gasteiger partial charge in [0.1, 0.15) is 0 Å². The molecule has 0 amide bonds. The smallest absolute Gasteiger partial charge is 0.0946 e. The number of imidazole rings is 1. The summed E-state index contributed by atoms with van der Waals surface area (Å²) in [6.45, 7) is 4.76. The third kappa shape index (κ3) is 3.64. The minimum absolute atomic E-state index is 0.557. The number of hydrogen-bond donors (Lipinski definition) is 1. The normalized spacial score (nSPS) is 23.1. The summed E-state index contributed by atoms with van der Waals surface area (Å²) in [6, 6.07) is 7.55. The van der Waals surface area contributed by atoms with Crippen LogP contribution in [0.3, 0.4) is 0 Å². The molecule has 0 spiro atoms. The van der Waals surface area contributed by atoms with Gasteiger partial charge >= 0.3 is 0 Å². The van der Waals surface area contributed by atoms with E-state index < -0.39 is 11.5 Å². The van der Waals surface area contributed by atoms with Crippen LogP contribution in [-0.4, -0.2) is 20.8 Å². The van der Waals surface area contributed by atoms with Crippen molar-refractivity contribution >= 4 is 28.8 Å². The molecule has 124 valence electrons. The molecule has 2 atom stereocenters. The monoisotopic (exact) mass is 360 g/mol. The topological polar surface area (TPSA) is 38.0 Å². The zero-order valence-electron chi connectivity index (χ0n) is 13.1. The van der Waals surface area contributed by atoms with Gasteiger partial charge in [-0.1, -0.05) is 54.1 Å². The third-order valence-corrected chi connectivity index (χ3v) is 4.77. The Kier molecular flexibility index (Phi) is 4.95. The van der Waals surface area contributed by atoms with Crippen LogP contribution in [0.1, 0.15) is 12.0 Å². The fourth-order valence-electron chi connectivity index (χ4n) is 3.04. The Morgan fingerprint density at radius 2 is 2.04 bits per heavy atom. The molecule has 2 aromatic rings. The van der Waals surface area contributed by atoms with Crippen molar-refractivity contribution in [2.45, 2.75) is 19.1 Å². The lowest BCUT2D eigenvalue weighted by atomic mass is 9.73. The maximum atomic E-state index is 10.7. The molecule has 1 aromatic heterocycles. The summed E-state index contributed by atoms with van der Waals surface area (Å²) in [4.78, 5) is 4.08. The molecule has 1 heterocycles. The standard InChI is InChI=1S/C19H18Cl2N2O/c1-14(15-2-4-16(20)5-3-15)10-19(12-23-9-8-22-13-23)11-17(21)6-7-18(19)24/h2-9,11,13,18,24H,1,10,12H2. The van der Waals surface area contributed by atoms with Gasteiger partial charge in [0.25, 0.3) is 0 Å². The van der Waals surface area contributed by atoms with Crippen molar-refractivity contribution in [2.75, 3.05) is 0 Å². The van der Waals surface area contributed by atoms with Crippen molar-refractivity contribution in [3.63, 3.8) is 0 Å². The maximum absolute atomic E-state index is 10.7. The van der Waals surface area contributed by atoms with E-state index in [0.717, 1.165) is 11.1 Å². The summed E-state index contributed by atoms with van der Waals surface area (Å²) in [6.07, 6.45) is 10.6. The molecule has 0 aliphatic heterocycles. The Bertz CT molecular complexity index is 778. The molecule has 24 heavy (non-hydrogen) atoms. The van der Waals surface area contributed by atoms with Crippen molar-refractivity contribution in [3.05, 3.63) is 83.4 Å². The third-order valence-electron chi connectivity index (χ3n) is 4.28. The van der Waals surface area contributed by atoms with Gasteiger partial charge in [-0.3, -0.25) is 0 Å². The highest BCUT2D eigenvalue weighted by Crippen LogP contribution is 2.41. The van der Waals surface area contributed by atoms with E-state index >= 15 is 0 Å². The first-order chi connectivity index (χ1) is 11.5. The van der Waals surface area contributed by atoms with Crippen LogP contribution < -0.4 is 0 Å². The highest BCUT2D eigenvalue weighted by Gasteiger charge is 2.38. The molecule has 5 heteroatoms. The lowest BCUT2D eigenvalue weighted by Gasteiger charge is -2.37. The molecule has 3 rings (SSSR count). The van der Waals surface area contributed by atoms with Crippen molar-refractivity contribution in [1.29, 1.82) is 0 Å². The van der Waals surface area contributed by atoms with E-state index in [-0.39, 0.29) is 0 Å². The number of allylic oxidation sites excluding steroid dienone is 3. The molecule has 1 N–H and O–H groups in total. The number of rotatable bonds is 5. The number of hydrogen-bond acceptors (Lipinski definition) is 2. The van der Waals surface area contributed by atoms with Crippen LogP contribution in [0, 0.1) is 5.41 Å². The highest BCUT2D eigenvalue weighted by molar-refractivity contribution is 6.31. The summed E-state index contributed by atoms with van der Waals surface area (Å²) >= 11 is 12.2. The second-order valence-corrected chi connectivity index (χ2v) is 6.96. The lowest BCUT2D eigenvalue weighted by molar-refractivity contribution is 0.0859. The van der Waals surface area contributed by atoms with Crippen LogP contribution >= 0.6 is 23.2 Å². The molecule has 0 saturated carbocycles. The van der Waals surface area contributed by atoms with E-state index in [9.17, 15) is 5.11 Å². The van der Waals surface area contributed by atoms with Gasteiger partial charge in [-0.25, -0.2) is 4.98 Å². The molecular formula is C19H18Cl2N2O. The van der Waals surface area contributed by atoms with Crippen LogP contribution in [0.15, 0.2) is 72.8 Å². The van der Waals surface area contributed by atoms with Crippen LogP contribution in [0.5, 0.6) is 0 Å². The minimum atomic E-state index is -0.661. The Morgan fingerprint density at radius 3 is 2.71 bits per heavy atom. The van der Waals surface area contributed by atoms with Gasteiger partial charge in [0.15, 0.2) is 0 Å². The Hall–Kier alpha value is -1.81. The first kappa shape index (κ1) is 17.0. The summed E-state index contributed by atoms with van der Waals surface area (Å²) in [5.74, 6) is 0. The fraction of sp³-hybridized carbons (Fsp3) is 0.211. The van der Waals surface area contributed by atoms with Gasteiger partial charge < -0.3 is 9.67 Å². The number of nitrogens with zero attached hydrogens (tertiary/aromatic N) is 2. The second-order valence-electron chi connectivity index (χ2n) is 6.09. The van der Waals surface area contributed by atoms with Gasteiger partial charge in [0.2, 0.25) is 0 Å². The second kappa shape index (κ2) is 6.98. The predicted molar refractivity (Wildman–Crippen MR) is 98.8 cm³/mol. The number of aliphatic hydroxyl groups excluding tert-OH is 1. The predicted octanol–water partition coefficient (Wildman–Crippen LogP) is 4.68. The highest BCUT2D eigenvalue weighted by atomic mass is 35.5. The molecule has 0 bridgehead atoms. The van der Waals surface area contributed by atoms with E-state index in [0.29, 0.717) is 23.0 Å². The van der Waals surface area contributed by atoms with Gasteiger partial charge in [0.05, 0.1) is 12.4 Å². The Morgan fingerprint density at radius 1 is 1.29 bits per heavy atom. The van der Waals surface area contributed by atoms with Crippen LogP contribution in [0.25, 0.3) is 5.57 Å². The van der Waals surface area contributed by atoms with Crippen molar-refractivity contribution in [1.82, 2.24) is 9.55 Å². The Labute approximate surface area is 151 Å².